The Kier molecular flexibility index (Phi) is 6.79. The quantitative estimate of drug-likeness (QED) is 0.494. The molecule has 1 aliphatic rings. The summed E-state index contributed by atoms with van der Waals surface area (Å²) in [5.41, 5.74) is 6.58. The first-order valence-corrected chi connectivity index (χ1v) is 11.8. The third-order valence-electron chi connectivity index (χ3n) is 6.36. The molecule has 1 aromatic carbocycles. The molecule has 1 amide bonds. The van der Waals surface area contributed by atoms with Gasteiger partial charge in [-0.25, -0.2) is 0 Å². The molecule has 3 aromatic rings. The van der Waals surface area contributed by atoms with Crippen molar-refractivity contribution in [2.24, 2.45) is 0 Å². The van der Waals surface area contributed by atoms with Crippen molar-refractivity contribution in [3.63, 3.8) is 0 Å². The molecule has 0 aliphatic carbocycles. The van der Waals surface area contributed by atoms with Crippen LogP contribution < -0.4 is 10.6 Å². The smallest absolute Gasteiger partial charge is 0.226 e. The van der Waals surface area contributed by atoms with Gasteiger partial charge in [0, 0.05) is 42.8 Å². The molecule has 0 spiro atoms. The summed E-state index contributed by atoms with van der Waals surface area (Å²) in [5.74, 6) is -0.0271. The fourth-order valence-corrected chi connectivity index (χ4v) is 5.01. The van der Waals surface area contributed by atoms with Gasteiger partial charge < -0.3 is 20.1 Å². The highest BCUT2D eigenvalue weighted by Gasteiger charge is 2.41. The topological polar surface area (TPSA) is 62.2 Å². The summed E-state index contributed by atoms with van der Waals surface area (Å²) >= 11 is 5.75. The van der Waals surface area contributed by atoms with Gasteiger partial charge in [-0.3, -0.25) is 9.78 Å². The number of hydrogen-bond donors (Lipinski definition) is 2. The number of aryl methyl sites for hydroxylation is 2. The summed E-state index contributed by atoms with van der Waals surface area (Å²) in [7, 11) is 0. The summed E-state index contributed by atoms with van der Waals surface area (Å²) < 4.78 is 2.31. The van der Waals surface area contributed by atoms with Crippen molar-refractivity contribution in [3.8, 4) is 0 Å². The molecular formula is C26H31N5OS. The number of amides is 1. The summed E-state index contributed by atoms with van der Waals surface area (Å²) in [6.45, 7) is 9.91. The zero-order valence-corrected chi connectivity index (χ0v) is 20.4. The Bertz CT molecular complexity index is 1140. The SMILES string of the molecule is CCn1c(C)cc([C@H]2[C@H](c3ccccn3)NC(=S)N2CCC(=O)Nc2ccc(C)cc2)c1C. The van der Waals surface area contributed by atoms with E-state index in [9.17, 15) is 4.79 Å². The summed E-state index contributed by atoms with van der Waals surface area (Å²) in [4.78, 5) is 19.5. The van der Waals surface area contributed by atoms with Crippen LogP contribution in [-0.4, -0.2) is 32.0 Å². The van der Waals surface area contributed by atoms with E-state index >= 15 is 0 Å². The summed E-state index contributed by atoms with van der Waals surface area (Å²) in [6.07, 6.45) is 2.15. The first-order chi connectivity index (χ1) is 15.9. The molecule has 6 nitrogen and oxygen atoms in total. The van der Waals surface area contributed by atoms with Crippen LogP contribution in [0.3, 0.4) is 0 Å². The maximum Gasteiger partial charge on any atom is 0.226 e. The molecule has 0 saturated carbocycles. The molecule has 172 valence electrons. The molecule has 4 rings (SSSR count). The second kappa shape index (κ2) is 9.75. The van der Waals surface area contributed by atoms with Crippen molar-refractivity contribution < 1.29 is 4.79 Å². The van der Waals surface area contributed by atoms with Gasteiger partial charge in [0.15, 0.2) is 5.11 Å². The number of carbonyl (C=O) groups is 1. The van der Waals surface area contributed by atoms with Crippen LogP contribution in [0.4, 0.5) is 5.69 Å². The fourth-order valence-electron chi connectivity index (χ4n) is 4.68. The van der Waals surface area contributed by atoms with Crippen molar-refractivity contribution in [2.75, 3.05) is 11.9 Å². The summed E-state index contributed by atoms with van der Waals surface area (Å²) in [5, 5.41) is 7.12. The lowest BCUT2D eigenvalue weighted by Crippen LogP contribution is -2.32. The lowest BCUT2D eigenvalue weighted by Gasteiger charge is -2.28. The van der Waals surface area contributed by atoms with Crippen LogP contribution in [-0.2, 0) is 11.3 Å². The highest BCUT2D eigenvalue weighted by molar-refractivity contribution is 7.80. The van der Waals surface area contributed by atoms with Gasteiger partial charge >= 0.3 is 0 Å². The Labute approximate surface area is 201 Å². The van der Waals surface area contributed by atoms with Gasteiger partial charge in [-0.05, 0) is 75.8 Å². The van der Waals surface area contributed by atoms with E-state index in [-0.39, 0.29) is 18.0 Å². The molecule has 0 radical (unpaired) electrons. The van der Waals surface area contributed by atoms with Crippen LogP contribution in [0.1, 0.15) is 53.6 Å². The average molecular weight is 462 g/mol. The third kappa shape index (κ3) is 4.78. The molecular weight excluding hydrogens is 430 g/mol. The Hall–Kier alpha value is -3.19. The van der Waals surface area contributed by atoms with Gasteiger partial charge in [-0.1, -0.05) is 23.8 Å². The molecule has 7 heteroatoms. The lowest BCUT2D eigenvalue weighted by atomic mass is 9.96. The van der Waals surface area contributed by atoms with E-state index in [1.54, 1.807) is 0 Å². The number of benzene rings is 1. The van der Waals surface area contributed by atoms with Crippen molar-refractivity contribution in [1.29, 1.82) is 0 Å². The van der Waals surface area contributed by atoms with Gasteiger partial charge in [0.05, 0.1) is 17.8 Å². The maximum atomic E-state index is 12.7. The largest absolute Gasteiger partial charge is 0.352 e. The Morgan fingerprint density at radius 2 is 1.91 bits per heavy atom. The highest BCUT2D eigenvalue weighted by atomic mass is 32.1. The summed E-state index contributed by atoms with van der Waals surface area (Å²) in [6, 6.07) is 15.9. The van der Waals surface area contributed by atoms with E-state index in [0.717, 1.165) is 23.5 Å². The molecule has 2 atom stereocenters. The number of thiocarbonyl (C=S) groups is 1. The lowest BCUT2D eigenvalue weighted by molar-refractivity contribution is -0.116. The number of hydrogen-bond acceptors (Lipinski definition) is 3. The second-order valence-corrected chi connectivity index (χ2v) is 8.94. The molecule has 1 saturated heterocycles. The standard InChI is InChI=1S/C26H31N5OS/c1-5-30-18(3)16-21(19(30)4)25-24(22-8-6-7-14-27-22)29-26(33)31(25)15-13-23(32)28-20-11-9-17(2)10-12-20/h6-12,14,16,24-25H,5,13,15H2,1-4H3,(H,28,32)(H,29,33)/t24-,25-/m0/s1. The molecule has 1 fully saturated rings. The van der Waals surface area contributed by atoms with Crippen molar-refractivity contribution >= 4 is 28.9 Å². The predicted molar refractivity (Wildman–Crippen MR) is 136 cm³/mol. The van der Waals surface area contributed by atoms with Gasteiger partial charge in [0.2, 0.25) is 5.91 Å². The molecule has 2 aromatic heterocycles. The van der Waals surface area contributed by atoms with Crippen LogP contribution in [0, 0.1) is 20.8 Å². The van der Waals surface area contributed by atoms with E-state index in [4.69, 9.17) is 12.2 Å². The Morgan fingerprint density at radius 1 is 1.15 bits per heavy atom. The monoisotopic (exact) mass is 461 g/mol. The van der Waals surface area contributed by atoms with Crippen LogP contribution >= 0.6 is 12.2 Å². The van der Waals surface area contributed by atoms with Gasteiger partial charge in [-0.2, -0.15) is 0 Å². The van der Waals surface area contributed by atoms with E-state index < -0.39 is 0 Å². The fraction of sp³-hybridized carbons (Fsp3) is 0.346. The number of pyridine rings is 1. The molecule has 0 bridgehead atoms. The minimum absolute atomic E-state index is 0.0271. The van der Waals surface area contributed by atoms with Crippen LogP contribution in [0.5, 0.6) is 0 Å². The maximum absolute atomic E-state index is 12.7. The molecule has 3 heterocycles. The number of rotatable bonds is 7. The zero-order chi connectivity index (χ0) is 23.5. The first-order valence-electron chi connectivity index (χ1n) is 11.4. The number of aromatic nitrogens is 2. The van der Waals surface area contributed by atoms with Gasteiger partial charge in [0.25, 0.3) is 0 Å². The average Bonchev–Trinajstić information content (AvgIpc) is 3.29. The number of carbonyl (C=O) groups excluding carboxylic acids is 1. The minimum atomic E-state index is -0.0790. The molecule has 2 N–H and O–H groups in total. The highest BCUT2D eigenvalue weighted by Crippen LogP contribution is 2.40. The third-order valence-corrected chi connectivity index (χ3v) is 6.71. The Balaban J connectivity index is 1.59. The van der Waals surface area contributed by atoms with Crippen molar-refractivity contribution in [2.45, 2.75) is 52.7 Å². The second-order valence-electron chi connectivity index (χ2n) is 8.55. The molecule has 1 aliphatic heterocycles. The number of nitrogens with zero attached hydrogens (tertiary/aromatic N) is 3. The molecule has 33 heavy (non-hydrogen) atoms. The van der Waals surface area contributed by atoms with E-state index in [0.29, 0.717) is 18.1 Å². The predicted octanol–water partition coefficient (Wildman–Crippen LogP) is 4.83. The number of nitrogens with one attached hydrogen (secondary N) is 2. The van der Waals surface area contributed by atoms with Crippen LogP contribution in [0.15, 0.2) is 54.7 Å². The van der Waals surface area contributed by atoms with Crippen molar-refractivity contribution in [3.05, 3.63) is 82.9 Å². The minimum Gasteiger partial charge on any atom is -0.352 e. The van der Waals surface area contributed by atoms with E-state index in [1.807, 2.05) is 55.6 Å². The number of anilines is 1. The normalized spacial score (nSPS) is 17.8. The van der Waals surface area contributed by atoms with Crippen LogP contribution in [0.25, 0.3) is 0 Å². The molecule has 0 unspecified atom stereocenters. The van der Waals surface area contributed by atoms with Gasteiger partial charge in [0.1, 0.15) is 0 Å². The Morgan fingerprint density at radius 3 is 2.55 bits per heavy atom. The van der Waals surface area contributed by atoms with E-state index in [2.05, 4.69) is 51.9 Å². The van der Waals surface area contributed by atoms with Crippen LogP contribution in [0.2, 0.25) is 0 Å². The van der Waals surface area contributed by atoms with Gasteiger partial charge in [-0.15, -0.1) is 0 Å². The zero-order valence-electron chi connectivity index (χ0n) is 19.6. The van der Waals surface area contributed by atoms with Crippen molar-refractivity contribution in [1.82, 2.24) is 19.8 Å². The van der Waals surface area contributed by atoms with E-state index in [1.165, 1.54) is 17.0 Å². The first kappa shape index (κ1) is 23.0.